The molecule has 0 bridgehead atoms. The maximum absolute atomic E-state index is 12.7. The highest BCUT2D eigenvalue weighted by atomic mass is 16.1. The van der Waals surface area contributed by atoms with Gasteiger partial charge >= 0.3 is 0 Å². The molecule has 1 amide bonds. The summed E-state index contributed by atoms with van der Waals surface area (Å²) in [6.45, 7) is 0. The van der Waals surface area contributed by atoms with E-state index in [0.717, 1.165) is 19.3 Å². The number of hydrogen-bond donors (Lipinski definition) is 1. The van der Waals surface area contributed by atoms with E-state index in [4.69, 9.17) is 0 Å². The van der Waals surface area contributed by atoms with E-state index in [1.807, 2.05) is 24.3 Å². The zero-order valence-corrected chi connectivity index (χ0v) is 13.6. The van der Waals surface area contributed by atoms with Gasteiger partial charge in [-0.3, -0.25) is 4.79 Å². The van der Waals surface area contributed by atoms with E-state index in [1.165, 1.54) is 30.4 Å². The van der Waals surface area contributed by atoms with Gasteiger partial charge in [-0.2, -0.15) is 0 Å². The molecule has 0 spiro atoms. The molecule has 1 N–H and O–H groups in total. The summed E-state index contributed by atoms with van der Waals surface area (Å²) < 4.78 is 0. The van der Waals surface area contributed by atoms with Crippen molar-refractivity contribution in [3.63, 3.8) is 0 Å². The van der Waals surface area contributed by atoms with Gasteiger partial charge in [0.1, 0.15) is 0 Å². The molecule has 2 aromatic carbocycles. The largest absolute Gasteiger partial charge is 0.349 e. The maximum atomic E-state index is 12.7. The van der Waals surface area contributed by atoms with Crippen LogP contribution in [-0.4, -0.2) is 5.91 Å². The van der Waals surface area contributed by atoms with E-state index < -0.39 is 0 Å². The minimum atomic E-state index is 0.0491. The van der Waals surface area contributed by atoms with Gasteiger partial charge in [0.05, 0.1) is 6.04 Å². The van der Waals surface area contributed by atoms with Crippen molar-refractivity contribution in [3.8, 4) is 0 Å². The summed E-state index contributed by atoms with van der Waals surface area (Å²) in [4.78, 5) is 12.7. The molecule has 1 aliphatic carbocycles. The lowest BCUT2D eigenvalue weighted by molar-refractivity contribution is -0.126. The van der Waals surface area contributed by atoms with E-state index in [9.17, 15) is 4.79 Å². The molecule has 2 heteroatoms. The van der Waals surface area contributed by atoms with Crippen LogP contribution >= 0.6 is 0 Å². The quantitative estimate of drug-likeness (QED) is 0.854. The lowest BCUT2D eigenvalue weighted by atomic mass is 9.88. The molecule has 0 saturated heterocycles. The summed E-state index contributed by atoms with van der Waals surface area (Å²) in [5.41, 5.74) is 2.44. The summed E-state index contributed by atoms with van der Waals surface area (Å²) in [5, 5.41) is 3.31. The Morgan fingerprint density at radius 3 is 2.17 bits per heavy atom. The van der Waals surface area contributed by atoms with E-state index >= 15 is 0 Å². The van der Waals surface area contributed by atoms with Gasteiger partial charge in [-0.1, -0.05) is 79.9 Å². The van der Waals surface area contributed by atoms with Crippen LogP contribution < -0.4 is 5.32 Å². The molecule has 0 aromatic heterocycles. The normalized spacial score (nSPS) is 16.7. The first kappa shape index (κ1) is 15.8. The number of nitrogens with one attached hydrogen (secondary N) is 1. The van der Waals surface area contributed by atoms with Crippen LogP contribution in [-0.2, 0) is 11.2 Å². The molecule has 2 aromatic rings. The van der Waals surface area contributed by atoms with Crippen molar-refractivity contribution in [1.82, 2.24) is 5.32 Å². The van der Waals surface area contributed by atoms with Gasteiger partial charge in [-0.25, -0.2) is 0 Å². The smallest absolute Gasteiger partial charge is 0.223 e. The Hall–Kier alpha value is -2.09. The Labute approximate surface area is 138 Å². The Balaban J connectivity index is 1.73. The fourth-order valence-electron chi connectivity index (χ4n) is 3.44. The van der Waals surface area contributed by atoms with Gasteiger partial charge in [0.25, 0.3) is 0 Å². The molecule has 1 aliphatic rings. The van der Waals surface area contributed by atoms with Crippen LogP contribution in [0.4, 0.5) is 0 Å². The molecule has 1 unspecified atom stereocenters. The highest BCUT2D eigenvalue weighted by Crippen LogP contribution is 2.25. The molecule has 1 atom stereocenters. The first-order chi connectivity index (χ1) is 11.3. The second-order valence-electron chi connectivity index (χ2n) is 6.50. The lowest BCUT2D eigenvalue weighted by Crippen LogP contribution is -2.35. The minimum absolute atomic E-state index is 0.0491. The summed E-state index contributed by atoms with van der Waals surface area (Å²) >= 11 is 0. The summed E-state index contributed by atoms with van der Waals surface area (Å²) in [6.07, 6.45) is 6.57. The van der Waals surface area contributed by atoms with Gasteiger partial charge in [-0.15, -0.1) is 0 Å². The van der Waals surface area contributed by atoms with Crippen molar-refractivity contribution in [2.24, 2.45) is 5.92 Å². The molecule has 2 nitrogen and oxygen atoms in total. The van der Waals surface area contributed by atoms with Gasteiger partial charge < -0.3 is 5.32 Å². The van der Waals surface area contributed by atoms with E-state index in [2.05, 4.69) is 41.7 Å². The van der Waals surface area contributed by atoms with Gasteiger partial charge in [0, 0.05) is 5.92 Å². The van der Waals surface area contributed by atoms with Crippen molar-refractivity contribution in [3.05, 3.63) is 71.8 Å². The Morgan fingerprint density at radius 2 is 1.52 bits per heavy atom. The number of carbonyl (C=O) groups is 1. The van der Waals surface area contributed by atoms with Crippen molar-refractivity contribution >= 4 is 5.91 Å². The molecule has 1 fully saturated rings. The van der Waals surface area contributed by atoms with Crippen molar-refractivity contribution in [1.29, 1.82) is 0 Å². The van der Waals surface area contributed by atoms with Gasteiger partial charge in [0.15, 0.2) is 0 Å². The summed E-state index contributed by atoms with van der Waals surface area (Å²) in [6, 6.07) is 20.8. The van der Waals surface area contributed by atoms with Crippen LogP contribution in [0.2, 0.25) is 0 Å². The first-order valence-corrected chi connectivity index (χ1v) is 8.72. The van der Waals surface area contributed by atoms with Crippen LogP contribution in [0.5, 0.6) is 0 Å². The predicted molar refractivity (Wildman–Crippen MR) is 94.0 cm³/mol. The van der Waals surface area contributed by atoms with Crippen LogP contribution in [0.15, 0.2) is 60.7 Å². The molecular formula is C21H25NO. The Kier molecular flexibility index (Phi) is 5.46. The third-order valence-corrected chi connectivity index (χ3v) is 4.78. The molecule has 23 heavy (non-hydrogen) atoms. The van der Waals surface area contributed by atoms with E-state index in [0.29, 0.717) is 0 Å². The van der Waals surface area contributed by atoms with Crippen LogP contribution in [0, 0.1) is 5.92 Å². The second-order valence-corrected chi connectivity index (χ2v) is 6.50. The third-order valence-electron chi connectivity index (χ3n) is 4.78. The molecular weight excluding hydrogens is 282 g/mol. The fourth-order valence-corrected chi connectivity index (χ4v) is 3.44. The molecule has 120 valence electrons. The predicted octanol–water partition coefficient (Wildman–Crippen LogP) is 4.67. The number of benzene rings is 2. The second kappa shape index (κ2) is 7.96. The van der Waals surface area contributed by atoms with Crippen molar-refractivity contribution in [2.75, 3.05) is 0 Å². The van der Waals surface area contributed by atoms with E-state index in [-0.39, 0.29) is 17.9 Å². The maximum Gasteiger partial charge on any atom is 0.223 e. The monoisotopic (exact) mass is 307 g/mol. The van der Waals surface area contributed by atoms with Gasteiger partial charge in [-0.05, 0) is 30.4 Å². The highest BCUT2D eigenvalue weighted by molar-refractivity contribution is 5.79. The van der Waals surface area contributed by atoms with Crippen LogP contribution in [0.3, 0.4) is 0 Å². The Bertz CT molecular complexity index is 602. The zero-order valence-electron chi connectivity index (χ0n) is 13.6. The lowest BCUT2D eigenvalue weighted by Gasteiger charge is -2.25. The van der Waals surface area contributed by atoms with Crippen molar-refractivity contribution < 1.29 is 4.79 Å². The highest BCUT2D eigenvalue weighted by Gasteiger charge is 2.24. The zero-order chi connectivity index (χ0) is 15.9. The topological polar surface area (TPSA) is 29.1 Å². The number of rotatable bonds is 5. The molecule has 3 rings (SSSR count). The molecule has 1 saturated carbocycles. The minimum Gasteiger partial charge on any atom is -0.349 e. The fraction of sp³-hybridized carbons (Fsp3) is 0.381. The van der Waals surface area contributed by atoms with Crippen LogP contribution in [0.1, 0.15) is 49.3 Å². The Morgan fingerprint density at radius 1 is 0.913 bits per heavy atom. The number of hydrogen-bond acceptors (Lipinski definition) is 1. The number of carbonyl (C=O) groups excluding carboxylic acids is 1. The molecule has 0 heterocycles. The van der Waals surface area contributed by atoms with Gasteiger partial charge in [0.2, 0.25) is 5.91 Å². The summed E-state index contributed by atoms with van der Waals surface area (Å²) in [7, 11) is 0. The summed E-state index contributed by atoms with van der Waals surface area (Å²) in [5.74, 6) is 0.431. The average molecular weight is 307 g/mol. The molecule has 0 radical (unpaired) electrons. The first-order valence-electron chi connectivity index (χ1n) is 8.72. The number of amides is 1. The standard InChI is InChI=1S/C21H25NO/c23-21(19-14-8-3-9-15-19)22-20(18-12-6-2-7-13-18)16-17-10-4-1-5-11-17/h1-2,4-7,10-13,19-20H,3,8-9,14-16H2,(H,22,23). The molecule has 0 aliphatic heterocycles. The van der Waals surface area contributed by atoms with Crippen molar-refractivity contribution in [2.45, 2.75) is 44.6 Å². The average Bonchev–Trinajstić information content (AvgIpc) is 2.63. The third kappa shape index (κ3) is 4.44. The van der Waals surface area contributed by atoms with Crippen LogP contribution in [0.25, 0.3) is 0 Å². The SMILES string of the molecule is O=C(NC(Cc1ccccc1)c1ccccc1)C1CCCCC1. The van der Waals surface area contributed by atoms with E-state index in [1.54, 1.807) is 0 Å².